The first-order chi connectivity index (χ1) is 10.8. The maximum atomic E-state index is 12.4. The number of carbonyl (C=O) groups is 1. The Morgan fingerprint density at radius 1 is 0.955 bits per heavy atom. The van der Waals surface area contributed by atoms with Crippen molar-refractivity contribution in [2.75, 3.05) is 13.1 Å². The minimum absolute atomic E-state index is 0.155. The Bertz CT molecular complexity index is 589. The molecule has 3 heteroatoms. The second kappa shape index (κ2) is 7.23. The molecule has 0 saturated carbocycles. The molecule has 1 aliphatic heterocycles. The highest BCUT2D eigenvalue weighted by Crippen LogP contribution is 2.14. The molecule has 0 aromatic heterocycles. The fraction of sp³-hybridized carbons (Fsp3) is 0.316. The molecule has 0 radical (unpaired) electrons. The summed E-state index contributed by atoms with van der Waals surface area (Å²) in [5.41, 5.74) is 2.10. The third kappa shape index (κ3) is 3.74. The fourth-order valence-corrected chi connectivity index (χ4v) is 2.91. The number of benzene rings is 2. The highest BCUT2D eigenvalue weighted by Gasteiger charge is 2.23. The van der Waals surface area contributed by atoms with Crippen LogP contribution in [0.15, 0.2) is 60.7 Å². The van der Waals surface area contributed by atoms with Crippen LogP contribution in [0.3, 0.4) is 0 Å². The predicted octanol–water partition coefficient (Wildman–Crippen LogP) is 3.08. The van der Waals surface area contributed by atoms with E-state index >= 15 is 0 Å². The first-order valence-corrected chi connectivity index (χ1v) is 7.94. The Balaban J connectivity index is 1.47. The van der Waals surface area contributed by atoms with E-state index in [9.17, 15) is 4.79 Å². The van der Waals surface area contributed by atoms with Crippen molar-refractivity contribution in [3.8, 4) is 0 Å². The third-order valence-corrected chi connectivity index (χ3v) is 4.24. The normalized spacial score (nSPS) is 15.7. The van der Waals surface area contributed by atoms with E-state index in [1.165, 1.54) is 5.56 Å². The summed E-state index contributed by atoms with van der Waals surface area (Å²) in [7, 11) is 0. The molecule has 2 aromatic rings. The fourth-order valence-electron chi connectivity index (χ4n) is 2.91. The van der Waals surface area contributed by atoms with Gasteiger partial charge in [-0.05, 0) is 30.5 Å². The van der Waals surface area contributed by atoms with Crippen molar-refractivity contribution in [3.05, 3.63) is 71.8 Å². The molecule has 1 N–H and O–H groups in total. The monoisotopic (exact) mass is 294 g/mol. The van der Waals surface area contributed by atoms with Gasteiger partial charge in [-0.25, -0.2) is 0 Å². The Labute approximate surface area is 132 Å². The molecule has 1 aliphatic rings. The van der Waals surface area contributed by atoms with Gasteiger partial charge in [0, 0.05) is 31.2 Å². The quantitative estimate of drug-likeness (QED) is 0.940. The van der Waals surface area contributed by atoms with Crippen LogP contribution in [0.1, 0.15) is 28.8 Å². The molecule has 0 atom stereocenters. The number of hydrogen-bond acceptors (Lipinski definition) is 2. The van der Waals surface area contributed by atoms with Gasteiger partial charge in [0.15, 0.2) is 0 Å². The van der Waals surface area contributed by atoms with Gasteiger partial charge < -0.3 is 10.2 Å². The van der Waals surface area contributed by atoms with Crippen molar-refractivity contribution in [2.45, 2.75) is 25.4 Å². The number of amides is 1. The van der Waals surface area contributed by atoms with Gasteiger partial charge in [-0.1, -0.05) is 48.5 Å². The summed E-state index contributed by atoms with van der Waals surface area (Å²) < 4.78 is 0. The number of nitrogens with one attached hydrogen (secondary N) is 1. The highest BCUT2D eigenvalue weighted by atomic mass is 16.2. The van der Waals surface area contributed by atoms with Crippen LogP contribution >= 0.6 is 0 Å². The second-order valence-corrected chi connectivity index (χ2v) is 5.80. The molecule has 3 rings (SSSR count). The molecule has 2 aromatic carbocycles. The third-order valence-electron chi connectivity index (χ3n) is 4.24. The molecule has 3 nitrogen and oxygen atoms in total. The van der Waals surface area contributed by atoms with E-state index in [1.54, 1.807) is 0 Å². The predicted molar refractivity (Wildman–Crippen MR) is 88.6 cm³/mol. The van der Waals surface area contributed by atoms with Gasteiger partial charge in [0.25, 0.3) is 5.91 Å². The Kier molecular flexibility index (Phi) is 4.86. The van der Waals surface area contributed by atoms with Gasteiger partial charge in [0.1, 0.15) is 0 Å². The first-order valence-electron chi connectivity index (χ1n) is 7.94. The molecule has 0 spiro atoms. The molecule has 1 heterocycles. The van der Waals surface area contributed by atoms with Crippen molar-refractivity contribution in [3.63, 3.8) is 0 Å². The molecular formula is C19H22N2O. The van der Waals surface area contributed by atoms with Crippen molar-refractivity contribution in [2.24, 2.45) is 0 Å². The van der Waals surface area contributed by atoms with E-state index in [2.05, 4.69) is 29.6 Å². The number of hydrogen-bond donors (Lipinski definition) is 1. The average Bonchev–Trinajstić information content (AvgIpc) is 2.61. The molecule has 0 bridgehead atoms. The van der Waals surface area contributed by atoms with Gasteiger partial charge in [-0.2, -0.15) is 0 Å². The SMILES string of the molecule is O=C(c1ccccc1)N1CCC(NCc2ccccc2)CC1. The lowest BCUT2D eigenvalue weighted by atomic mass is 10.0. The summed E-state index contributed by atoms with van der Waals surface area (Å²) in [5.74, 6) is 0.155. The molecule has 0 aliphatic carbocycles. The van der Waals surface area contributed by atoms with E-state index in [0.29, 0.717) is 6.04 Å². The Morgan fingerprint density at radius 3 is 2.18 bits per heavy atom. The lowest BCUT2D eigenvalue weighted by Crippen LogP contribution is -2.44. The van der Waals surface area contributed by atoms with E-state index in [-0.39, 0.29) is 5.91 Å². The minimum Gasteiger partial charge on any atom is -0.339 e. The van der Waals surface area contributed by atoms with Gasteiger partial charge in [0.05, 0.1) is 0 Å². The molecule has 0 unspecified atom stereocenters. The zero-order valence-electron chi connectivity index (χ0n) is 12.7. The molecule has 1 fully saturated rings. The van der Waals surface area contributed by atoms with Crippen molar-refractivity contribution < 1.29 is 4.79 Å². The van der Waals surface area contributed by atoms with Crippen molar-refractivity contribution in [1.29, 1.82) is 0 Å². The zero-order chi connectivity index (χ0) is 15.2. The summed E-state index contributed by atoms with van der Waals surface area (Å²) in [4.78, 5) is 14.4. The van der Waals surface area contributed by atoms with Crippen molar-refractivity contribution >= 4 is 5.91 Å². The topological polar surface area (TPSA) is 32.3 Å². The van der Waals surface area contributed by atoms with E-state index in [1.807, 2.05) is 41.3 Å². The molecule has 114 valence electrons. The first kappa shape index (κ1) is 14.8. The van der Waals surface area contributed by atoms with Crippen LogP contribution in [-0.2, 0) is 6.54 Å². The summed E-state index contributed by atoms with van der Waals surface area (Å²) >= 11 is 0. The number of carbonyl (C=O) groups excluding carboxylic acids is 1. The van der Waals surface area contributed by atoms with Crippen LogP contribution < -0.4 is 5.32 Å². The summed E-state index contributed by atoms with van der Waals surface area (Å²) in [6.07, 6.45) is 2.04. The highest BCUT2D eigenvalue weighted by molar-refractivity contribution is 5.94. The minimum atomic E-state index is 0.155. The van der Waals surface area contributed by atoms with Crippen LogP contribution in [0.4, 0.5) is 0 Å². The van der Waals surface area contributed by atoms with Crippen LogP contribution in [-0.4, -0.2) is 29.9 Å². The van der Waals surface area contributed by atoms with Crippen LogP contribution in [0.25, 0.3) is 0 Å². The van der Waals surface area contributed by atoms with Crippen LogP contribution in [0.5, 0.6) is 0 Å². The second-order valence-electron chi connectivity index (χ2n) is 5.80. The summed E-state index contributed by atoms with van der Waals surface area (Å²) in [6.45, 7) is 2.57. The molecular weight excluding hydrogens is 272 g/mol. The summed E-state index contributed by atoms with van der Waals surface area (Å²) in [6, 6.07) is 20.5. The zero-order valence-corrected chi connectivity index (χ0v) is 12.7. The van der Waals surface area contributed by atoms with Crippen molar-refractivity contribution in [1.82, 2.24) is 10.2 Å². The Hall–Kier alpha value is -2.13. The number of rotatable bonds is 4. The van der Waals surface area contributed by atoms with Gasteiger partial charge in [0.2, 0.25) is 0 Å². The van der Waals surface area contributed by atoms with Crippen LogP contribution in [0, 0.1) is 0 Å². The maximum Gasteiger partial charge on any atom is 0.253 e. The molecule has 22 heavy (non-hydrogen) atoms. The lowest BCUT2D eigenvalue weighted by molar-refractivity contribution is 0.0704. The largest absolute Gasteiger partial charge is 0.339 e. The van der Waals surface area contributed by atoms with Gasteiger partial charge in [-0.3, -0.25) is 4.79 Å². The van der Waals surface area contributed by atoms with Crippen LogP contribution in [0.2, 0.25) is 0 Å². The van der Waals surface area contributed by atoms with Gasteiger partial charge >= 0.3 is 0 Å². The molecule has 1 saturated heterocycles. The van der Waals surface area contributed by atoms with Gasteiger partial charge in [-0.15, -0.1) is 0 Å². The van der Waals surface area contributed by atoms with E-state index < -0.39 is 0 Å². The molecule has 1 amide bonds. The average molecular weight is 294 g/mol. The standard InChI is InChI=1S/C19H22N2O/c22-19(17-9-5-2-6-10-17)21-13-11-18(12-14-21)20-15-16-7-3-1-4-8-16/h1-10,18,20H,11-15H2. The van der Waals surface area contributed by atoms with E-state index in [4.69, 9.17) is 0 Å². The lowest BCUT2D eigenvalue weighted by Gasteiger charge is -2.32. The number of likely N-dealkylation sites (tertiary alicyclic amines) is 1. The maximum absolute atomic E-state index is 12.4. The smallest absolute Gasteiger partial charge is 0.253 e. The summed E-state index contributed by atoms with van der Waals surface area (Å²) in [5, 5.41) is 3.60. The number of nitrogens with zero attached hydrogens (tertiary/aromatic N) is 1. The number of piperidine rings is 1. The van der Waals surface area contributed by atoms with E-state index in [0.717, 1.165) is 38.0 Å². The Morgan fingerprint density at radius 2 is 1.55 bits per heavy atom.